The maximum Gasteiger partial charge on any atom is 0.270 e. The molecule has 1 aliphatic heterocycles. The van der Waals surface area contributed by atoms with E-state index in [-0.39, 0.29) is 29.8 Å². The number of fused-ring (bicyclic) bond motifs is 2. The molecule has 2 aliphatic rings. The summed E-state index contributed by atoms with van der Waals surface area (Å²) in [5.41, 5.74) is 3.01. The van der Waals surface area contributed by atoms with E-state index in [0.29, 0.717) is 17.0 Å². The van der Waals surface area contributed by atoms with Gasteiger partial charge in [-0.15, -0.1) is 0 Å². The molecule has 1 aromatic carbocycles. The van der Waals surface area contributed by atoms with Crippen molar-refractivity contribution in [2.24, 2.45) is 0 Å². The van der Waals surface area contributed by atoms with E-state index in [1.807, 2.05) is 29.8 Å². The Morgan fingerprint density at radius 2 is 2.00 bits per heavy atom. The lowest BCUT2D eigenvalue weighted by molar-refractivity contribution is -0.116. The maximum absolute atomic E-state index is 12.8. The van der Waals surface area contributed by atoms with E-state index in [1.165, 1.54) is 6.42 Å². The predicted octanol–water partition coefficient (Wildman–Crippen LogP) is 3.61. The summed E-state index contributed by atoms with van der Waals surface area (Å²) in [6.45, 7) is 1.89. The van der Waals surface area contributed by atoms with E-state index in [9.17, 15) is 9.59 Å². The first kappa shape index (κ1) is 16.4. The molecule has 140 valence electrons. The van der Waals surface area contributed by atoms with Crippen LogP contribution >= 0.6 is 0 Å². The van der Waals surface area contributed by atoms with Gasteiger partial charge in [0, 0.05) is 17.7 Å². The minimum absolute atomic E-state index is 0.0572. The second-order valence-corrected chi connectivity index (χ2v) is 7.69. The van der Waals surface area contributed by atoms with Gasteiger partial charge in [0.05, 0.1) is 17.3 Å². The third-order valence-electron chi connectivity index (χ3n) is 5.97. The topological polar surface area (TPSA) is 92.9 Å². The number of nitrogens with zero attached hydrogens (tertiary/aromatic N) is 2. The highest BCUT2D eigenvalue weighted by Gasteiger charge is 2.34. The van der Waals surface area contributed by atoms with Crippen LogP contribution in [0.5, 0.6) is 0 Å². The largest absolute Gasteiger partial charge is 0.356 e. The Hall–Kier alpha value is -2.83. The van der Waals surface area contributed by atoms with Crippen molar-refractivity contribution >= 4 is 22.7 Å². The quantitative estimate of drug-likeness (QED) is 0.725. The Morgan fingerprint density at radius 1 is 1.19 bits per heavy atom. The molecule has 3 heterocycles. The van der Waals surface area contributed by atoms with E-state index in [4.69, 9.17) is 4.52 Å². The third kappa shape index (κ3) is 2.60. The summed E-state index contributed by atoms with van der Waals surface area (Å²) >= 11 is 0. The summed E-state index contributed by atoms with van der Waals surface area (Å²) in [5, 5.41) is 10.9. The van der Waals surface area contributed by atoms with Crippen LogP contribution in [0.15, 0.2) is 27.5 Å². The summed E-state index contributed by atoms with van der Waals surface area (Å²) in [5.74, 6) is 0.328. The predicted molar refractivity (Wildman–Crippen MR) is 101 cm³/mol. The molecule has 1 aliphatic carbocycles. The molecule has 2 N–H and O–H groups in total. The summed E-state index contributed by atoms with van der Waals surface area (Å²) in [6, 6.07) is 6.03. The Balaban J connectivity index is 1.63. The molecule has 1 atom stereocenters. The van der Waals surface area contributed by atoms with Gasteiger partial charge < -0.3 is 9.84 Å². The van der Waals surface area contributed by atoms with Crippen molar-refractivity contribution in [2.45, 2.75) is 57.4 Å². The van der Waals surface area contributed by atoms with Gasteiger partial charge in [-0.1, -0.05) is 30.5 Å². The Kier molecular flexibility index (Phi) is 3.70. The Labute approximate surface area is 155 Å². The lowest BCUT2D eigenvalue weighted by Gasteiger charge is -2.28. The second-order valence-electron chi connectivity index (χ2n) is 7.69. The van der Waals surface area contributed by atoms with Crippen LogP contribution in [0, 0.1) is 6.92 Å². The fourth-order valence-electron chi connectivity index (χ4n) is 4.58. The van der Waals surface area contributed by atoms with Crippen molar-refractivity contribution in [3.63, 3.8) is 0 Å². The van der Waals surface area contributed by atoms with Gasteiger partial charge >= 0.3 is 0 Å². The van der Waals surface area contributed by atoms with Crippen molar-refractivity contribution in [1.29, 1.82) is 0 Å². The van der Waals surface area contributed by atoms with Crippen LogP contribution in [0.3, 0.4) is 0 Å². The van der Waals surface area contributed by atoms with E-state index in [1.54, 1.807) is 0 Å². The maximum atomic E-state index is 12.8. The molecule has 5 rings (SSSR count). The number of nitrogens with one attached hydrogen (secondary N) is 2. The number of hydrogen-bond donors (Lipinski definition) is 2. The summed E-state index contributed by atoms with van der Waals surface area (Å²) in [7, 11) is 0. The van der Waals surface area contributed by atoms with Gasteiger partial charge in [-0.05, 0) is 37.5 Å². The van der Waals surface area contributed by atoms with Crippen LogP contribution in [0.25, 0.3) is 11.0 Å². The SMILES string of the molecule is Cc1noc2ccc(C3CC(=O)Nc4c3c(=O)[nH]n4C3CCCCC3)cc12. The standard InChI is InChI=1S/C20H22N4O3/c1-11-14-9-12(7-8-16(14)27-23-11)15-10-17(25)21-19-18(15)20(26)22-24(19)13-5-3-2-4-6-13/h7-9,13,15H,2-6,10H2,1H3,(H,21,25)(H,22,26). The number of benzene rings is 1. The molecular formula is C20H22N4O3. The number of amides is 1. The third-order valence-corrected chi connectivity index (χ3v) is 5.97. The number of rotatable bonds is 2. The number of carbonyl (C=O) groups is 1. The van der Waals surface area contributed by atoms with Crippen molar-refractivity contribution in [3.8, 4) is 0 Å². The van der Waals surface area contributed by atoms with Gasteiger partial charge in [-0.2, -0.15) is 0 Å². The summed E-state index contributed by atoms with van der Waals surface area (Å²) < 4.78 is 7.19. The van der Waals surface area contributed by atoms with E-state index < -0.39 is 0 Å². The van der Waals surface area contributed by atoms with Gasteiger partial charge in [0.25, 0.3) is 5.56 Å². The molecule has 0 bridgehead atoms. The molecule has 3 aromatic rings. The zero-order valence-corrected chi connectivity index (χ0v) is 15.2. The Bertz CT molecular complexity index is 1080. The number of aromatic nitrogens is 3. The summed E-state index contributed by atoms with van der Waals surface area (Å²) in [6.07, 6.45) is 5.87. The first-order chi connectivity index (χ1) is 13.1. The fraction of sp³-hybridized carbons (Fsp3) is 0.450. The van der Waals surface area contributed by atoms with Gasteiger partial charge in [0.1, 0.15) is 5.82 Å². The van der Waals surface area contributed by atoms with Crippen molar-refractivity contribution < 1.29 is 9.32 Å². The number of H-pyrrole nitrogens is 1. The van der Waals surface area contributed by atoms with Crippen LogP contribution < -0.4 is 10.9 Å². The number of anilines is 1. The first-order valence-electron chi connectivity index (χ1n) is 9.62. The normalized spacial score (nSPS) is 20.6. The minimum Gasteiger partial charge on any atom is -0.356 e. The van der Waals surface area contributed by atoms with Crippen molar-refractivity contribution in [2.75, 3.05) is 5.32 Å². The van der Waals surface area contributed by atoms with Crippen LogP contribution in [0.2, 0.25) is 0 Å². The number of carbonyl (C=O) groups excluding carboxylic acids is 1. The van der Waals surface area contributed by atoms with Gasteiger partial charge in [0.15, 0.2) is 5.58 Å². The van der Waals surface area contributed by atoms with Crippen LogP contribution in [0.4, 0.5) is 5.82 Å². The van der Waals surface area contributed by atoms with E-state index >= 15 is 0 Å². The van der Waals surface area contributed by atoms with Gasteiger partial charge in [-0.25, -0.2) is 0 Å². The Morgan fingerprint density at radius 3 is 2.81 bits per heavy atom. The first-order valence-corrected chi connectivity index (χ1v) is 9.62. The molecule has 7 nitrogen and oxygen atoms in total. The van der Waals surface area contributed by atoms with Crippen LogP contribution in [-0.2, 0) is 4.79 Å². The molecule has 1 fully saturated rings. The van der Waals surface area contributed by atoms with E-state index in [0.717, 1.165) is 42.3 Å². The average Bonchev–Trinajstić information content (AvgIpc) is 3.22. The monoisotopic (exact) mass is 366 g/mol. The lowest BCUT2D eigenvalue weighted by Crippen LogP contribution is -2.27. The molecule has 27 heavy (non-hydrogen) atoms. The molecule has 2 aromatic heterocycles. The zero-order chi connectivity index (χ0) is 18.5. The fourth-order valence-corrected chi connectivity index (χ4v) is 4.58. The molecule has 0 spiro atoms. The molecule has 1 saturated carbocycles. The molecule has 0 radical (unpaired) electrons. The molecular weight excluding hydrogens is 344 g/mol. The van der Waals surface area contributed by atoms with Crippen LogP contribution in [0.1, 0.15) is 67.3 Å². The molecule has 7 heteroatoms. The number of aryl methyl sites for hydroxylation is 1. The highest BCUT2D eigenvalue weighted by Crippen LogP contribution is 2.39. The number of aromatic amines is 1. The summed E-state index contributed by atoms with van der Waals surface area (Å²) in [4.78, 5) is 25.3. The van der Waals surface area contributed by atoms with Crippen molar-refractivity contribution in [1.82, 2.24) is 14.9 Å². The average molecular weight is 366 g/mol. The molecule has 0 saturated heterocycles. The smallest absolute Gasteiger partial charge is 0.270 e. The highest BCUT2D eigenvalue weighted by atomic mass is 16.5. The molecule has 1 amide bonds. The van der Waals surface area contributed by atoms with E-state index in [2.05, 4.69) is 15.6 Å². The highest BCUT2D eigenvalue weighted by molar-refractivity contribution is 5.94. The van der Waals surface area contributed by atoms with Gasteiger partial charge in [0.2, 0.25) is 5.91 Å². The zero-order valence-electron chi connectivity index (χ0n) is 15.2. The minimum atomic E-state index is -0.263. The van der Waals surface area contributed by atoms with Crippen molar-refractivity contribution in [3.05, 3.63) is 45.4 Å². The second kappa shape index (κ2) is 6.11. The lowest BCUT2D eigenvalue weighted by atomic mass is 9.86. The molecule has 1 unspecified atom stereocenters. The van der Waals surface area contributed by atoms with Gasteiger partial charge in [-0.3, -0.25) is 19.4 Å². The van der Waals surface area contributed by atoms with Crippen LogP contribution in [-0.4, -0.2) is 20.8 Å². The number of hydrogen-bond acceptors (Lipinski definition) is 4.